The average Bonchev–Trinajstić information content (AvgIpc) is 2.43. The SMILES string of the molecule is CSCCCCCNC1CCOc2c(Cl)cc(Cl)cc21. The third-order valence-corrected chi connectivity index (χ3v) is 4.68. The maximum absolute atomic E-state index is 6.19. The van der Waals surface area contributed by atoms with Crippen molar-refractivity contribution in [3.63, 3.8) is 0 Å². The highest BCUT2D eigenvalue weighted by atomic mass is 35.5. The first-order valence-corrected chi connectivity index (χ1v) is 9.21. The molecular formula is C15H21Cl2NOS. The Hall–Kier alpha value is -0.0900. The highest BCUT2D eigenvalue weighted by molar-refractivity contribution is 7.98. The molecule has 112 valence electrons. The van der Waals surface area contributed by atoms with Crippen LogP contribution in [0.2, 0.25) is 10.0 Å². The molecule has 0 aromatic heterocycles. The number of fused-ring (bicyclic) bond motifs is 1. The molecule has 5 heteroatoms. The molecule has 0 bridgehead atoms. The molecule has 2 rings (SSSR count). The first-order chi connectivity index (χ1) is 9.72. The molecule has 1 aliphatic rings. The van der Waals surface area contributed by atoms with Gasteiger partial charge < -0.3 is 10.1 Å². The number of thioether (sulfide) groups is 1. The van der Waals surface area contributed by atoms with Crippen LogP contribution in [0.1, 0.15) is 37.3 Å². The van der Waals surface area contributed by atoms with Gasteiger partial charge >= 0.3 is 0 Å². The van der Waals surface area contributed by atoms with E-state index in [1.807, 2.05) is 17.8 Å². The predicted octanol–water partition coefficient (Wildman–Crippen LogP) is 4.94. The van der Waals surface area contributed by atoms with Crippen LogP contribution in [0, 0.1) is 0 Å². The summed E-state index contributed by atoms with van der Waals surface area (Å²) in [6.07, 6.45) is 6.91. The minimum atomic E-state index is 0.301. The third-order valence-electron chi connectivity index (χ3n) is 3.48. The van der Waals surface area contributed by atoms with Crippen molar-refractivity contribution in [3.05, 3.63) is 27.7 Å². The zero-order valence-corrected chi connectivity index (χ0v) is 14.1. The summed E-state index contributed by atoms with van der Waals surface area (Å²) in [6, 6.07) is 4.01. The van der Waals surface area contributed by atoms with Crippen LogP contribution in [0.15, 0.2) is 12.1 Å². The fourth-order valence-corrected chi connectivity index (χ4v) is 3.52. The lowest BCUT2D eigenvalue weighted by Gasteiger charge is -2.27. The molecule has 0 spiro atoms. The number of hydrogen-bond acceptors (Lipinski definition) is 3. The normalized spacial score (nSPS) is 17.6. The molecule has 1 atom stereocenters. The topological polar surface area (TPSA) is 21.3 Å². The summed E-state index contributed by atoms with van der Waals surface area (Å²) in [5.74, 6) is 2.05. The quantitative estimate of drug-likeness (QED) is 0.714. The second-order valence-electron chi connectivity index (χ2n) is 5.00. The van der Waals surface area contributed by atoms with Gasteiger partial charge in [0.1, 0.15) is 5.75 Å². The van der Waals surface area contributed by atoms with Crippen molar-refractivity contribution >= 4 is 35.0 Å². The molecule has 1 unspecified atom stereocenters. The van der Waals surface area contributed by atoms with Gasteiger partial charge in [-0.15, -0.1) is 0 Å². The van der Waals surface area contributed by atoms with E-state index in [1.54, 1.807) is 6.07 Å². The van der Waals surface area contributed by atoms with Crippen LogP contribution in [0.25, 0.3) is 0 Å². The van der Waals surface area contributed by atoms with Gasteiger partial charge in [0.25, 0.3) is 0 Å². The van der Waals surface area contributed by atoms with E-state index in [0.29, 0.717) is 22.7 Å². The zero-order valence-electron chi connectivity index (χ0n) is 11.8. The number of halogens is 2. The van der Waals surface area contributed by atoms with Crippen molar-refractivity contribution < 1.29 is 4.74 Å². The first kappa shape index (κ1) is 16.3. The summed E-state index contributed by atoms with van der Waals surface area (Å²) in [5, 5.41) is 4.89. The highest BCUT2D eigenvalue weighted by Crippen LogP contribution is 2.39. The van der Waals surface area contributed by atoms with Crippen LogP contribution in [-0.4, -0.2) is 25.2 Å². The molecule has 0 saturated carbocycles. The lowest BCUT2D eigenvalue weighted by Crippen LogP contribution is -2.28. The van der Waals surface area contributed by atoms with Gasteiger partial charge in [-0.1, -0.05) is 29.6 Å². The summed E-state index contributed by atoms with van der Waals surface area (Å²) in [6.45, 7) is 1.74. The van der Waals surface area contributed by atoms with Gasteiger partial charge in [-0.3, -0.25) is 0 Å². The van der Waals surface area contributed by atoms with Gasteiger partial charge in [-0.25, -0.2) is 0 Å². The molecule has 1 aliphatic heterocycles. The van der Waals surface area contributed by atoms with Gasteiger partial charge in [0.05, 0.1) is 11.6 Å². The van der Waals surface area contributed by atoms with E-state index in [4.69, 9.17) is 27.9 Å². The van der Waals surface area contributed by atoms with Crippen LogP contribution < -0.4 is 10.1 Å². The molecule has 2 nitrogen and oxygen atoms in total. The first-order valence-electron chi connectivity index (χ1n) is 7.06. The van der Waals surface area contributed by atoms with Gasteiger partial charge in [0.2, 0.25) is 0 Å². The van der Waals surface area contributed by atoms with E-state index in [-0.39, 0.29) is 0 Å². The molecule has 0 aliphatic carbocycles. The highest BCUT2D eigenvalue weighted by Gasteiger charge is 2.23. The van der Waals surface area contributed by atoms with E-state index in [9.17, 15) is 0 Å². The maximum atomic E-state index is 6.19. The Bertz CT molecular complexity index is 442. The maximum Gasteiger partial charge on any atom is 0.142 e. The summed E-state index contributed by atoms with van der Waals surface area (Å²) in [5.41, 5.74) is 1.10. The Balaban J connectivity index is 1.88. The second-order valence-corrected chi connectivity index (χ2v) is 6.83. The van der Waals surface area contributed by atoms with Crippen LogP contribution in [0.5, 0.6) is 5.75 Å². The van der Waals surface area contributed by atoms with Crippen LogP contribution >= 0.6 is 35.0 Å². The molecule has 0 radical (unpaired) electrons. The van der Waals surface area contributed by atoms with Gasteiger partial charge in [0, 0.05) is 23.0 Å². The third kappa shape index (κ3) is 4.45. The minimum Gasteiger partial charge on any atom is -0.492 e. The van der Waals surface area contributed by atoms with E-state index in [0.717, 1.165) is 24.3 Å². The van der Waals surface area contributed by atoms with Crippen molar-refractivity contribution in [2.24, 2.45) is 0 Å². The van der Waals surface area contributed by atoms with Gasteiger partial charge in [-0.05, 0) is 43.5 Å². The standard InChI is InChI=1S/C15H21Cl2NOS/c1-20-8-4-2-3-6-18-14-5-7-19-15-12(14)9-11(16)10-13(15)17/h9-10,14,18H,2-8H2,1H3. The minimum absolute atomic E-state index is 0.301. The second kappa shape index (κ2) is 8.38. The number of nitrogens with one attached hydrogen (secondary N) is 1. The Morgan fingerprint density at radius 2 is 2.15 bits per heavy atom. The van der Waals surface area contributed by atoms with Crippen LogP contribution in [-0.2, 0) is 0 Å². The van der Waals surface area contributed by atoms with Crippen molar-refractivity contribution in [1.29, 1.82) is 0 Å². The molecule has 0 fully saturated rings. The van der Waals surface area contributed by atoms with E-state index < -0.39 is 0 Å². The van der Waals surface area contributed by atoms with Crippen molar-refractivity contribution in [1.82, 2.24) is 5.32 Å². The Morgan fingerprint density at radius 1 is 1.30 bits per heavy atom. The Morgan fingerprint density at radius 3 is 2.95 bits per heavy atom. The van der Waals surface area contributed by atoms with Crippen molar-refractivity contribution in [3.8, 4) is 5.75 Å². The number of hydrogen-bond donors (Lipinski definition) is 1. The average molecular weight is 334 g/mol. The van der Waals surface area contributed by atoms with E-state index in [2.05, 4.69) is 11.6 Å². The number of rotatable bonds is 7. The zero-order chi connectivity index (χ0) is 14.4. The lowest BCUT2D eigenvalue weighted by molar-refractivity contribution is 0.252. The molecular weight excluding hydrogens is 313 g/mol. The summed E-state index contributed by atoms with van der Waals surface area (Å²) in [7, 11) is 0. The van der Waals surface area contributed by atoms with E-state index in [1.165, 1.54) is 25.0 Å². The Kier molecular flexibility index (Phi) is 6.82. The number of unbranched alkanes of at least 4 members (excludes halogenated alkanes) is 2. The molecule has 1 N–H and O–H groups in total. The molecule has 1 aromatic rings. The van der Waals surface area contributed by atoms with E-state index >= 15 is 0 Å². The van der Waals surface area contributed by atoms with Crippen LogP contribution in [0.3, 0.4) is 0 Å². The van der Waals surface area contributed by atoms with Gasteiger partial charge in [0.15, 0.2) is 0 Å². The number of ether oxygens (including phenoxy) is 1. The molecule has 0 amide bonds. The summed E-state index contributed by atoms with van der Waals surface area (Å²) in [4.78, 5) is 0. The van der Waals surface area contributed by atoms with Crippen LogP contribution in [0.4, 0.5) is 0 Å². The van der Waals surface area contributed by atoms with Crippen molar-refractivity contribution in [2.75, 3.05) is 25.2 Å². The largest absolute Gasteiger partial charge is 0.492 e. The fourth-order valence-electron chi connectivity index (χ4n) is 2.46. The van der Waals surface area contributed by atoms with Gasteiger partial charge in [-0.2, -0.15) is 11.8 Å². The smallest absolute Gasteiger partial charge is 0.142 e. The monoisotopic (exact) mass is 333 g/mol. The predicted molar refractivity (Wildman–Crippen MR) is 89.6 cm³/mol. The summed E-state index contributed by atoms with van der Waals surface area (Å²) >= 11 is 14.2. The molecule has 0 saturated heterocycles. The summed E-state index contributed by atoms with van der Waals surface area (Å²) < 4.78 is 5.67. The van der Waals surface area contributed by atoms with Crippen molar-refractivity contribution in [2.45, 2.75) is 31.7 Å². The molecule has 20 heavy (non-hydrogen) atoms. The number of benzene rings is 1. The fraction of sp³-hybridized carbons (Fsp3) is 0.600. The molecule has 1 aromatic carbocycles. The lowest BCUT2D eigenvalue weighted by atomic mass is 10.0. The molecule has 1 heterocycles. The Labute approximate surface area is 135 Å².